The van der Waals surface area contributed by atoms with Crippen LogP contribution in [0.4, 0.5) is 0 Å². The zero-order chi connectivity index (χ0) is 11.5. The molecule has 3 nitrogen and oxygen atoms in total. The molecule has 2 N–H and O–H groups in total. The predicted molar refractivity (Wildman–Crippen MR) is 66.4 cm³/mol. The van der Waals surface area contributed by atoms with E-state index in [0.717, 1.165) is 5.92 Å². The summed E-state index contributed by atoms with van der Waals surface area (Å²) in [5, 5.41) is 12.9. The lowest BCUT2D eigenvalue weighted by Crippen LogP contribution is -2.42. The van der Waals surface area contributed by atoms with Crippen molar-refractivity contribution in [3.05, 3.63) is 0 Å². The molecule has 2 fully saturated rings. The van der Waals surface area contributed by atoms with Gasteiger partial charge < -0.3 is 10.4 Å². The van der Waals surface area contributed by atoms with Crippen LogP contribution < -0.4 is 5.32 Å². The van der Waals surface area contributed by atoms with E-state index in [-0.39, 0.29) is 0 Å². The normalized spacial score (nSPS) is 40.7. The van der Waals surface area contributed by atoms with Gasteiger partial charge in [0.15, 0.2) is 0 Å². The van der Waals surface area contributed by atoms with Gasteiger partial charge in [0.25, 0.3) is 0 Å². The fourth-order valence-electron chi connectivity index (χ4n) is 3.55. The van der Waals surface area contributed by atoms with Crippen LogP contribution in [0.3, 0.4) is 0 Å². The van der Waals surface area contributed by atoms with Gasteiger partial charge in [0.2, 0.25) is 0 Å². The summed E-state index contributed by atoms with van der Waals surface area (Å²) in [4.78, 5) is 2.52. The van der Waals surface area contributed by atoms with Crippen LogP contribution in [0.15, 0.2) is 0 Å². The molecule has 0 bridgehead atoms. The lowest BCUT2D eigenvalue weighted by Gasteiger charge is -2.30. The molecule has 0 spiro atoms. The largest absolute Gasteiger partial charge is 0.395 e. The molecular weight excluding hydrogens is 200 g/mol. The second-order valence-electron chi connectivity index (χ2n) is 5.60. The summed E-state index contributed by atoms with van der Waals surface area (Å²) < 4.78 is 0. The molecule has 1 heterocycles. The molecular formula is C13H26N2O. The second kappa shape index (κ2) is 5.48. The van der Waals surface area contributed by atoms with Gasteiger partial charge in [-0.15, -0.1) is 0 Å². The molecule has 94 valence electrons. The summed E-state index contributed by atoms with van der Waals surface area (Å²) >= 11 is 0. The number of aliphatic hydroxyl groups excluding tert-OH is 1. The average molecular weight is 226 g/mol. The van der Waals surface area contributed by atoms with Crippen molar-refractivity contribution in [3.63, 3.8) is 0 Å². The molecule has 4 unspecified atom stereocenters. The van der Waals surface area contributed by atoms with Gasteiger partial charge in [0.05, 0.1) is 6.61 Å². The standard InChI is InChI=1S/C13H26N2O/c1-10-6-7-15(13(10)9-16)8-11-4-3-5-12(11)14-2/h10-14,16H,3-9H2,1-2H3. The van der Waals surface area contributed by atoms with Crippen molar-refractivity contribution in [2.24, 2.45) is 11.8 Å². The Balaban J connectivity index is 1.89. The van der Waals surface area contributed by atoms with Crippen molar-refractivity contribution in [2.75, 3.05) is 26.7 Å². The number of aliphatic hydroxyl groups is 1. The summed E-state index contributed by atoms with van der Waals surface area (Å²) in [5.74, 6) is 1.46. The van der Waals surface area contributed by atoms with Crippen molar-refractivity contribution in [1.82, 2.24) is 10.2 Å². The molecule has 2 aliphatic rings. The molecule has 0 aromatic carbocycles. The Morgan fingerprint density at radius 3 is 2.81 bits per heavy atom. The van der Waals surface area contributed by atoms with E-state index in [0.29, 0.717) is 24.6 Å². The number of likely N-dealkylation sites (tertiary alicyclic amines) is 1. The monoisotopic (exact) mass is 226 g/mol. The van der Waals surface area contributed by atoms with Crippen LogP contribution in [0, 0.1) is 11.8 Å². The van der Waals surface area contributed by atoms with Crippen LogP contribution in [-0.4, -0.2) is 48.8 Å². The van der Waals surface area contributed by atoms with Crippen molar-refractivity contribution in [2.45, 2.75) is 44.7 Å². The van der Waals surface area contributed by atoms with Gasteiger partial charge in [0, 0.05) is 18.6 Å². The van der Waals surface area contributed by atoms with Gasteiger partial charge in [-0.2, -0.15) is 0 Å². The van der Waals surface area contributed by atoms with E-state index >= 15 is 0 Å². The molecule has 4 atom stereocenters. The van der Waals surface area contributed by atoms with Crippen LogP contribution in [0.2, 0.25) is 0 Å². The number of nitrogens with one attached hydrogen (secondary N) is 1. The van der Waals surface area contributed by atoms with Crippen LogP contribution in [-0.2, 0) is 0 Å². The quantitative estimate of drug-likeness (QED) is 0.753. The van der Waals surface area contributed by atoms with E-state index in [9.17, 15) is 5.11 Å². The Kier molecular flexibility index (Phi) is 4.22. The van der Waals surface area contributed by atoms with Gasteiger partial charge in [-0.25, -0.2) is 0 Å². The van der Waals surface area contributed by atoms with Crippen molar-refractivity contribution < 1.29 is 5.11 Å². The first-order valence-electron chi connectivity index (χ1n) is 6.78. The highest BCUT2D eigenvalue weighted by molar-refractivity contribution is 4.90. The zero-order valence-corrected chi connectivity index (χ0v) is 10.7. The van der Waals surface area contributed by atoms with E-state index < -0.39 is 0 Å². The highest BCUT2D eigenvalue weighted by Crippen LogP contribution is 2.30. The second-order valence-corrected chi connectivity index (χ2v) is 5.60. The fourth-order valence-corrected chi connectivity index (χ4v) is 3.55. The number of rotatable bonds is 4. The maximum atomic E-state index is 9.45. The number of hydrogen-bond donors (Lipinski definition) is 2. The van der Waals surface area contributed by atoms with Gasteiger partial charge in [-0.05, 0) is 44.7 Å². The Bertz CT molecular complexity index is 222. The molecule has 1 aliphatic heterocycles. The number of hydrogen-bond acceptors (Lipinski definition) is 3. The maximum absolute atomic E-state index is 9.45. The van der Waals surface area contributed by atoms with Gasteiger partial charge in [-0.1, -0.05) is 13.3 Å². The first-order chi connectivity index (χ1) is 7.76. The van der Waals surface area contributed by atoms with E-state index in [1.807, 2.05) is 0 Å². The lowest BCUT2D eigenvalue weighted by atomic mass is 10.0. The predicted octanol–water partition coefficient (Wildman–Crippen LogP) is 1.08. The molecule has 3 heteroatoms. The topological polar surface area (TPSA) is 35.5 Å². The molecule has 16 heavy (non-hydrogen) atoms. The molecule has 1 saturated carbocycles. The third-order valence-electron chi connectivity index (χ3n) is 4.68. The minimum atomic E-state index is 0.331. The highest BCUT2D eigenvalue weighted by Gasteiger charge is 2.34. The zero-order valence-electron chi connectivity index (χ0n) is 10.7. The summed E-state index contributed by atoms with van der Waals surface area (Å²) in [6, 6.07) is 1.12. The Labute approximate surface area is 99.2 Å². The van der Waals surface area contributed by atoms with Gasteiger partial charge in [0.1, 0.15) is 0 Å². The van der Waals surface area contributed by atoms with E-state index in [2.05, 4.69) is 24.2 Å². The Morgan fingerprint density at radius 1 is 1.31 bits per heavy atom. The third kappa shape index (κ3) is 2.41. The first kappa shape index (κ1) is 12.3. The van der Waals surface area contributed by atoms with Crippen LogP contribution >= 0.6 is 0 Å². The molecule has 1 aliphatic carbocycles. The molecule has 1 saturated heterocycles. The van der Waals surface area contributed by atoms with Crippen LogP contribution in [0.25, 0.3) is 0 Å². The van der Waals surface area contributed by atoms with Crippen molar-refractivity contribution >= 4 is 0 Å². The van der Waals surface area contributed by atoms with Gasteiger partial charge in [-0.3, -0.25) is 4.90 Å². The summed E-state index contributed by atoms with van der Waals surface area (Å²) in [5.41, 5.74) is 0. The lowest BCUT2D eigenvalue weighted by molar-refractivity contribution is 0.120. The number of nitrogens with zero attached hydrogens (tertiary/aromatic N) is 1. The Hall–Kier alpha value is -0.120. The summed E-state index contributed by atoms with van der Waals surface area (Å²) in [6.07, 6.45) is 5.30. The van der Waals surface area contributed by atoms with E-state index in [1.165, 1.54) is 38.8 Å². The highest BCUT2D eigenvalue weighted by atomic mass is 16.3. The molecule has 2 rings (SSSR count). The van der Waals surface area contributed by atoms with Crippen molar-refractivity contribution in [3.8, 4) is 0 Å². The van der Waals surface area contributed by atoms with E-state index in [1.54, 1.807) is 0 Å². The molecule has 0 aromatic rings. The first-order valence-corrected chi connectivity index (χ1v) is 6.78. The minimum Gasteiger partial charge on any atom is -0.395 e. The smallest absolute Gasteiger partial charge is 0.0589 e. The Morgan fingerprint density at radius 2 is 2.12 bits per heavy atom. The van der Waals surface area contributed by atoms with Crippen molar-refractivity contribution in [1.29, 1.82) is 0 Å². The maximum Gasteiger partial charge on any atom is 0.0589 e. The fraction of sp³-hybridized carbons (Fsp3) is 1.00. The average Bonchev–Trinajstić information content (AvgIpc) is 2.86. The molecule has 0 aromatic heterocycles. The summed E-state index contributed by atoms with van der Waals surface area (Å²) in [7, 11) is 2.08. The van der Waals surface area contributed by atoms with Crippen LogP contribution in [0.5, 0.6) is 0 Å². The summed E-state index contributed by atoms with van der Waals surface area (Å²) in [6.45, 7) is 4.96. The molecule has 0 amide bonds. The van der Waals surface area contributed by atoms with Crippen LogP contribution in [0.1, 0.15) is 32.6 Å². The SMILES string of the molecule is CNC1CCCC1CN1CCC(C)C1CO. The van der Waals surface area contributed by atoms with E-state index in [4.69, 9.17) is 0 Å². The third-order valence-corrected chi connectivity index (χ3v) is 4.68. The molecule has 0 radical (unpaired) electrons. The minimum absolute atomic E-state index is 0.331. The van der Waals surface area contributed by atoms with Gasteiger partial charge >= 0.3 is 0 Å².